The van der Waals surface area contributed by atoms with E-state index < -0.39 is 0 Å². The van der Waals surface area contributed by atoms with Crippen molar-refractivity contribution in [3.63, 3.8) is 0 Å². The van der Waals surface area contributed by atoms with E-state index in [1.165, 1.54) is 11.1 Å². The van der Waals surface area contributed by atoms with Crippen LogP contribution in [0.25, 0.3) is 89.2 Å². The molecule has 0 saturated heterocycles. The van der Waals surface area contributed by atoms with Gasteiger partial charge in [0.25, 0.3) is 0 Å². The maximum Gasteiger partial charge on any atom is 0.160 e. The third kappa shape index (κ3) is 5.48. The summed E-state index contributed by atoms with van der Waals surface area (Å²) < 4.78 is 6.31. The van der Waals surface area contributed by atoms with Crippen LogP contribution in [-0.4, -0.2) is 9.97 Å². The highest BCUT2D eigenvalue weighted by Crippen LogP contribution is 2.40. The molecule has 2 heterocycles. The molecule has 0 N–H and O–H groups in total. The molecular weight excluding hydrogens is 597 g/mol. The van der Waals surface area contributed by atoms with Crippen LogP contribution in [0.15, 0.2) is 186 Å². The molecule has 230 valence electrons. The van der Waals surface area contributed by atoms with Gasteiger partial charge < -0.3 is 4.42 Å². The molecule has 49 heavy (non-hydrogen) atoms. The lowest BCUT2D eigenvalue weighted by atomic mass is 9.92. The summed E-state index contributed by atoms with van der Waals surface area (Å²) >= 11 is 0. The number of benzene rings is 7. The van der Waals surface area contributed by atoms with Crippen molar-refractivity contribution >= 4 is 21.9 Å². The largest absolute Gasteiger partial charge is 0.456 e. The van der Waals surface area contributed by atoms with Crippen LogP contribution in [0.5, 0.6) is 0 Å². The summed E-state index contributed by atoms with van der Waals surface area (Å²) in [6.45, 7) is 0. The predicted octanol–water partition coefficient (Wildman–Crippen LogP) is 12.4. The zero-order valence-corrected chi connectivity index (χ0v) is 26.6. The lowest BCUT2D eigenvalue weighted by molar-refractivity contribution is 0.669. The first-order chi connectivity index (χ1) is 24.3. The van der Waals surface area contributed by atoms with Crippen LogP contribution in [-0.2, 0) is 0 Å². The molecule has 0 aliphatic heterocycles. The molecule has 2 aromatic heterocycles. The molecule has 0 radical (unpaired) electrons. The first-order valence-electron chi connectivity index (χ1n) is 16.5. The minimum Gasteiger partial charge on any atom is -0.456 e. The minimum absolute atomic E-state index is 0.694. The first-order valence-corrected chi connectivity index (χ1v) is 16.5. The molecule has 0 saturated carbocycles. The molecule has 3 nitrogen and oxygen atoms in total. The summed E-state index contributed by atoms with van der Waals surface area (Å²) in [5.41, 5.74) is 13.4. The van der Waals surface area contributed by atoms with Crippen LogP contribution in [0.2, 0.25) is 0 Å². The van der Waals surface area contributed by atoms with Crippen LogP contribution >= 0.6 is 0 Å². The van der Waals surface area contributed by atoms with Crippen molar-refractivity contribution in [2.24, 2.45) is 0 Å². The van der Waals surface area contributed by atoms with E-state index in [9.17, 15) is 0 Å². The molecule has 0 unspecified atom stereocenters. The molecule has 0 aliphatic rings. The zero-order chi connectivity index (χ0) is 32.6. The van der Waals surface area contributed by atoms with Crippen molar-refractivity contribution in [3.8, 4) is 67.3 Å². The van der Waals surface area contributed by atoms with E-state index in [1.54, 1.807) is 0 Å². The summed E-state index contributed by atoms with van der Waals surface area (Å²) in [5.74, 6) is 0.694. The second-order valence-corrected chi connectivity index (χ2v) is 12.2. The second-order valence-electron chi connectivity index (χ2n) is 12.2. The third-order valence-electron chi connectivity index (χ3n) is 9.10. The topological polar surface area (TPSA) is 38.9 Å². The Labute approximate surface area is 284 Å². The SMILES string of the molecule is c1ccc(-c2ccc(-c3cc(-c4cc(-c5ccccc5)nc(-c5ccccc5)n4)cc(-c4cccc5oc6ccccc6c45)c3)cc2)cc1. The average Bonchev–Trinajstić information content (AvgIpc) is 3.58. The van der Waals surface area contributed by atoms with Gasteiger partial charge in [0.15, 0.2) is 5.82 Å². The van der Waals surface area contributed by atoms with Crippen LogP contribution < -0.4 is 0 Å². The fraction of sp³-hybridized carbons (Fsp3) is 0. The van der Waals surface area contributed by atoms with E-state index in [2.05, 4.69) is 127 Å². The highest BCUT2D eigenvalue weighted by molar-refractivity contribution is 6.12. The highest BCUT2D eigenvalue weighted by Gasteiger charge is 2.17. The Bertz CT molecular complexity index is 2510. The van der Waals surface area contributed by atoms with Gasteiger partial charge in [-0.1, -0.05) is 146 Å². The highest BCUT2D eigenvalue weighted by atomic mass is 16.3. The maximum atomic E-state index is 6.31. The number of para-hydroxylation sites is 1. The summed E-state index contributed by atoms with van der Waals surface area (Å²) in [7, 11) is 0. The lowest BCUT2D eigenvalue weighted by Gasteiger charge is -2.14. The Balaban J connectivity index is 1.27. The van der Waals surface area contributed by atoms with Gasteiger partial charge in [0, 0.05) is 27.5 Å². The molecule has 7 aromatic carbocycles. The van der Waals surface area contributed by atoms with Gasteiger partial charge in [0.05, 0.1) is 11.4 Å². The van der Waals surface area contributed by atoms with E-state index in [0.29, 0.717) is 5.82 Å². The molecule has 9 aromatic rings. The molecular formula is C46H30N2O. The van der Waals surface area contributed by atoms with Crippen LogP contribution in [0.4, 0.5) is 0 Å². The molecule has 0 atom stereocenters. The number of nitrogens with zero attached hydrogens (tertiary/aromatic N) is 2. The lowest BCUT2D eigenvalue weighted by Crippen LogP contribution is -1.96. The second kappa shape index (κ2) is 12.2. The number of rotatable bonds is 6. The molecule has 0 amide bonds. The van der Waals surface area contributed by atoms with Gasteiger partial charge in [-0.3, -0.25) is 0 Å². The van der Waals surface area contributed by atoms with Crippen LogP contribution in [0.1, 0.15) is 0 Å². The van der Waals surface area contributed by atoms with Gasteiger partial charge >= 0.3 is 0 Å². The molecule has 0 bridgehead atoms. The monoisotopic (exact) mass is 626 g/mol. The smallest absolute Gasteiger partial charge is 0.160 e. The Morgan fingerprint density at radius 3 is 1.55 bits per heavy atom. The Kier molecular flexibility index (Phi) is 7.14. The average molecular weight is 627 g/mol. The maximum absolute atomic E-state index is 6.31. The van der Waals surface area contributed by atoms with E-state index in [1.807, 2.05) is 54.6 Å². The molecule has 0 spiro atoms. The number of hydrogen-bond donors (Lipinski definition) is 0. The third-order valence-corrected chi connectivity index (χ3v) is 9.10. The quantitative estimate of drug-likeness (QED) is 0.184. The van der Waals surface area contributed by atoms with E-state index >= 15 is 0 Å². The van der Waals surface area contributed by atoms with Crippen molar-refractivity contribution in [1.82, 2.24) is 9.97 Å². The molecule has 9 rings (SSSR count). The van der Waals surface area contributed by atoms with Crippen molar-refractivity contribution in [2.75, 3.05) is 0 Å². The van der Waals surface area contributed by atoms with E-state index in [4.69, 9.17) is 14.4 Å². The number of hydrogen-bond acceptors (Lipinski definition) is 3. The Morgan fingerprint density at radius 2 is 0.837 bits per heavy atom. The van der Waals surface area contributed by atoms with Crippen LogP contribution in [0.3, 0.4) is 0 Å². The van der Waals surface area contributed by atoms with Gasteiger partial charge in [-0.2, -0.15) is 0 Å². The van der Waals surface area contributed by atoms with Crippen molar-refractivity contribution in [2.45, 2.75) is 0 Å². The zero-order valence-electron chi connectivity index (χ0n) is 26.6. The van der Waals surface area contributed by atoms with Gasteiger partial charge in [-0.15, -0.1) is 0 Å². The van der Waals surface area contributed by atoms with E-state index in [0.717, 1.165) is 72.3 Å². The standard InChI is InChI=1S/C46H30N2O/c1-4-13-31(14-5-1)32-23-25-33(26-24-32)36-27-37(39-20-12-22-44-45(39)40-19-10-11-21-43(40)49-44)29-38(28-36)42-30-41(34-15-6-2-7-16-34)47-46(48-42)35-17-8-3-9-18-35/h1-30H. The van der Waals surface area contributed by atoms with Gasteiger partial charge in [0.2, 0.25) is 0 Å². The minimum atomic E-state index is 0.694. The summed E-state index contributed by atoms with van der Waals surface area (Å²) in [5, 5.41) is 2.21. The first kappa shape index (κ1) is 28.6. The summed E-state index contributed by atoms with van der Waals surface area (Å²) in [4.78, 5) is 10.2. The normalized spacial score (nSPS) is 11.3. The van der Waals surface area contributed by atoms with E-state index in [-0.39, 0.29) is 0 Å². The molecule has 3 heteroatoms. The van der Waals surface area contributed by atoms with Crippen molar-refractivity contribution in [1.29, 1.82) is 0 Å². The molecule has 0 aliphatic carbocycles. The van der Waals surface area contributed by atoms with Gasteiger partial charge in [0.1, 0.15) is 11.2 Å². The summed E-state index contributed by atoms with van der Waals surface area (Å²) in [6, 6.07) is 63.3. The number of furan rings is 1. The summed E-state index contributed by atoms with van der Waals surface area (Å²) in [6.07, 6.45) is 0. The molecule has 0 fully saturated rings. The van der Waals surface area contributed by atoms with Gasteiger partial charge in [-0.05, 0) is 69.8 Å². The van der Waals surface area contributed by atoms with Crippen molar-refractivity contribution < 1.29 is 4.42 Å². The fourth-order valence-electron chi connectivity index (χ4n) is 6.67. The van der Waals surface area contributed by atoms with Crippen molar-refractivity contribution in [3.05, 3.63) is 182 Å². The Morgan fingerprint density at radius 1 is 0.327 bits per heavy atom. The predicted molar refractivity (Wildman–Crippen MR) is 202 cm³/mol. The number of aromatic nitrogens is 2. The fourth-order valence-corrected chi connectivity index (χ4v) is 6.67. The van der Waals surface area contributed by atoms with Gasteiger partial charge in [-0.25, -0.2) is 9.97 Å². The van der Waals surface area contributed by atoms with Crippen LogP contribution in [0, 0.1) is 0 Å². The Hall–Kier alpha value is -6.58. The number of fused-ring (bicyclic) bond motifs is 3.